The van der Waals surface area contributed by atoms with E-state index in [4.69, 9.17) is 0 Å². The van der Waals surface area contributed by atoms with Crippen molar-refractivity contribution in [3.05, 3.63) is 61.3 Å². The highest BCUT2D eigenvalue weighted by molar-refractivity contribution is 7.13. The van der Waals surface area contributed by atoms with Crippen molar-refractivity contribution in [2.24, 2.45) is 0 Å². The molecule has 0 spiro atoms. The van der Waals surface area contributed by atoms with Crippen LogP contribution in [0.5, 0.6) is 0 Å². The summed E-state index contributed by atoms with van der Waals surface area (Å²) in [5.41, 5.74) is 2.36. The summed E-state index contributed by atoms with van der Waals surface area (Å²) in [5, 5.41) is 8.79. The van der Waals surface area contributed by atoms with E-state index in [1.807, 2.05) is 44.4 Å². The summed E-state index contributed by atoms with van der Waals surface area (Å²) in [4.78, 5) is 35.4. The van der Waals surface area contributed by atoms with Crippen molar-refractivity contribution in [2.75, 3.05) is 0 Å². The average molecular weight is 400 g/mol. The van der Waals surface area contributed by atoms with Gasteiger partial charge in [0, 0.05) is 12.1 Å². The fraction of sp³-hybridized carbons (Fsp3) is 0.222. The summed E-state index contributed by atoms with van der Waals surface area (Å²) >= 11 is 2.93. The zero-order valence-corrected chi connectivity index (χ0v) is 16.6. The second-order valence-corrected chi connectivity index (χ2v) is 8.35. The highest BCUT2D eigenvalue weighted by Gasteiger charge is 2.19. The van der Waals surface area contributed by atoms with Crippen molar-refractivity contribution in [3.8, 4) is 10.6 Å². The summed E-state index contributed by atoms with van der Waals surface area (Å²) in [6.45, 7) is 5.49. The van der Waals surface area contributed by atoms with Gasteiger partial charge in [-0.05, 0) is 32.2 Å². The SMILES string of the molecule is Cc1nc(C)c(C(=O)N[C@@H](C)c2cc(=O)n3[nH]c(-c4cccs4)cc3n2)s1. The molecule has 1 atom stereocenters. The maximum Gasteiger partial charge on any atom is 0.272 e. The highest BCUT2D eigenvalue weighted by atomic mass is 32.1. The van der Waals surface area contributed by atoms with Crippen LogP contribution in [0.4, 0.5) is 0 Å². The lowest BCUT2D eigenvalue weighted by atomic mass is 10.2. The molecular formula is C18H17N5O2S2. The van der Waals surface area contributed by atoms with Gasteiger partial charge in [-0.1, -0.05) is 6.07 Å². The van der Waals surface area contributed by atoms with Crippen LogP contribution in [0, 0.1) is 13.8 Å². The molecule has 0 fully saturated rings. The lowest BCUT2D eigenvalue weighted by molar-refractivity contribution is 0.0942. The molecule has 0 saturated heterocycles. The minimum absolute atomic E-state index is 0.207. The van der Waals surface area contributed by atoms with Crippen molar-refractivity contribution in [3.63, 3.8) is 0 Å². The third kappa shape index (κ3) is 3.31. The Morgan fingerprint density at radius 1 is 1.30 bits per heavy atom. The van der Waals surface area contributed by atoms with Gasteiger partial charge in [0.15, 0.2) is 5.65 Å². The lowest BCUT2D eigenvalue weighted by Crippen LogP contribution is -2.28. The van der Waals surface area contributed by atoms with Crippen molar-refractivity contribution in [1.82, 2.24) is 24.9 Å². The molecule has 0 bridgehead atoms. The van der Waals surface area contributed by atoms with E-state index in [2.05, 4.69) is 20.4 Å². The van der Waals surface area contributed by atoms with Crippen molar-refractivity contribution in [2.45, 2.75) is 26.8 Å². The zero-order valence-electron chi connectivity index (χ0n) is 14.9. The number of aromatic amines is 1. The van der Waals surface area contributed by atoms with Crippen LogP contribution in [-0.2, 0) is 0 Å². The highest BCUT2D eigenvalue weighted by Crippen LogP contribution is 2.24. The second-order valence-electron chi connectivity index (χ2n) is 6.20. The fourth-order valence-electron chi connectivity index (χ4n) is 2.87. The molecule has 4 heterocycles. The Morgan fingerprint density at radius 2 is 2.11 bits per heavy atom. The van der Waals surface area contributed by atoms with Crippen LogP contribution in [0.25, 0.3) is 16.2 Å². The summed E-state index contributed by atoms with van der Waals surface area (Å²) in [7, 11) is 0. The van der Waals surface area contributed by atoms with Gasteiger partial charge in [-0.3, -0.25) is 14.7 Å². The summed E-state index contributed by atoms with van der Waals surface area (Å²) < 4.78 is 1.41. The molecular weight excluding hydrogens is 382 g/mol. The van der Waals surface area contributed by atoms with Gasteiger partial charge in [-0.15, -0.1) is 22.7 Å². The number of nitrogens with one attached hydrogen (secondary N) is 2. The average Bonchev–Trinajstić information content (AvgIpc) is 3.33. The normalized spacial score (nSPS) is 12.4. The molecule has 4 aromatic heterocycles. The molecule has 0 radical (unpaired) electrons. The van der Waals surface area contributed by atoms with Crippen LogP contribution < -0.4 is 10.9 Å². The predicted molar refractivity (Wildman–Crippen MR) is 107 cm³/mol. The molecule has 0 unspecified atom stereocenters. The molecule has 4 aromatic rings. The number of amides is 1. The number of carbonyl (C=O) groups is 1. The van der Waals surface area contributed by atoms with E-state index in [0.29, 0.717) is 21.9 Å². The van der Waals surface area contributed by atoms with Gasteiger partial charge in [0.1, 0.15) is 4.88 Å². The first-order valence-electron chi connectivity index (χ1n) is 8.34. The van der Waals surface area contributed by atoms with Crippen molar-refractivity contribution in [1.29, 1.82) is 0 Å². The Labute approximate surface area is 162 Å². The van der Waals surface area contributed by atoms with Gasteiger partial charge < -0.3 is 5.32 Å². The number of carbonyl (C=O) groups excluding carboxylic acids is 1. The van der Waals surface area contributed by atoms with Crippen LogP contribution in [0.2, 0.25) is 0 Å². The maximum atomic E-state index is 12.5. The summed E-state index contributed by atoms with van der Waals surface area (Å²) in [6, 6.07) is 6.80. The first kappa shape index (κ1) is 17.6. The number of hydrogen-bond donors (Lipinski definition) is 2. The first-order valence-corrected chi connectivity index (χ1v) is 10.0. The molecule has 7 nitrogen and oxygen atoms in total. The number of nitrogens with zero attached hydrogens (tertiary/aromatic N) is 3. The first-order chi connectivity index (χ1) is 12.9. The summed E-state index contributed by atoms with van der Waals surface area (Å²) in [6.07, 6.45) is 0. The molecule has 2 N–H and O–H groups in total. The molecule has 0 aliphatic carbocycles. The van der Waals surface area contributed by atoms with Crippen LogP contribution in [0.3, 0.4) is 0 Å². The van der Waals surface area contributed by atoms with Gasteiger partial charge in [0.2, 0.25) is 0 Å². The standard InChI is InChI=1S/C18H17N5O2S2/c1-9(20-18(25)17-10(2)19-11(3)27-17)12-8-16(24)23-15(21-12)7-13(22-23)14-5-4-6-26-14/h4-9,22H,1-3H3,(H,20,25)/t9-/m0/s1. The predicted octanol–water partition coefficient (Wildman–Crippen LogP) is 3.32. The number of fused-ring (bicyclic) bond motifs is 1. The number of thiophene rings is 1. The number of aryl methyl sites for hydroxylation is 2. The van der Waals surface area contributed by atoms with Gasteiger partial charge in [0.05, 0.1) is 33.0 Å². The quantitative estimate of drug-likeness (QED) is 0.551. The maximum absolute atomic E-state index is 12.5. The van der Waals surface area contributed by atoms with Crippen LogP contribution in [0.15, 0.2) is 34.4 Å². The fourth-order valence-corrected chi connectivity index (χ4v) is 4.38. The van der Waals surface area contributed by atoms with E-state index >= 15 is 0 Å². The van der Waals surface area contributed by atoms with Gasteiger partial charge in [-0.2, -0.15) is 0 Å². The smallest absolute Gasteiger partial charge is 0.272 e. The van der Waals surface area contributed by atoms with Gasteiger partial charge >= 0.3 is 0 Å². The molecule has 0 saturated carbocycles. The van der Waals surface area contributed by atoms with E-state index in [9.17, 15) is 9.59 Å². The van der Waals surface area contributed by atoms with E-state index in [1.165, 1.54) is 21.9 Å². The number of rotatable bonds is 4. The Hall–Kier alpha value is -2.78. The van der Waals surface area contributed by atoms with Crippen LogP contribution in [-0.4, -0.2) is 25.5 Å². The molecule has 0 aromatic carbocycles. The Bertz CT molecular complexity index is 1190. The van der Waals surface area contributed by atoms with Crippen LogP contribution >= 0.6 is 22.7 Å². The number of thiazole rings is 1. The van der Waals surface area contributed by atoms with E-state index in [1.54, 1.807) is 11.3 Å². The Morgan fingerprint density at radius 3 is 2.78 bits per heavy atom. The molecule has 27 heavy (non-hydrogen) atoms. The lowest BCUT2D eigenvalue weighted by Gasteiger charge is -2.12. The van der Waals surface area contributed by atoms with E-state index < -0.39 is 6.04 Å². The molecule has 4 rings (SSSR count). The van der Waals surface area contributed by atoms with Crippen LogP contribution in [0.1, 0.15) is 39.0 Å². The van der Waals surface area contributed by atoms with Crippen molar-refractivity contribution >= 4 is 34.2 Å². The third-order valence-electron chi connectivity index (χ3n) is 4.16. The number of H-pyrrole nitrogens is 1. The molecule has 1 amide bonds. The van der Waals surface area contributed by atoms with Gasteiger partial charge in [-0.25, -0.2) is 14.5 Å². The second kappa shape index (κ2) is 6.75. The van der Waals surface area contributed by atoms with Gasteiger partial charge in [0.25, 0.3) is 11.5 Å². The third-order valence-corrected chi connectivity index (χ3v) is 6.13. The van der Waals surface area contributed by atoms with E-state index in [0.717, 1.165) is 15.6 Å². The minimum Gasteiger partial charge on any atom is -0.343 e. The number of hydrogen-bond acceptors (Lipinski definition) is 6. The topological polar surface area (TPSA) is 92.1 Å². The van der Waals surface area contributed by atoms with E-state index in [-0.39, 0.29) is 11.5 Å². The Balaban J connectivity index is 1.64. The zero-order chi connectivity index (χ0) is 19.1. The molecule has 0 aliphatic heterocycles. The molecule has 138 valence electrons. The molecule has 0 aliphatic rings. The van der Waals surface area contributed by atoms with Crippen molar-refractivity contribution < 1.29 is 4.79 Å². The summed E-state index contributed by atoms with van der Waals surface area (Å²) in [5.74, 6) is -0.207. The minimum atomic E-state index is -0.405. The number of aromatic nitrogens is 4. The Kier molecular flexibility index (Phi) is 4.40. The largest absolute Gasteiger partial charge is 0.343 e. The molecule has 9 heteroatoms. The monoisotopic (exact) mass is 399 g/mol.